The summed E-state index contributed by atoms with van der Waals surface area (Å²) in [6, 6.07) is 15.2. The van der Waals surface area contributed by atoms with Crippen LogP contribution in [0.2, 0.25) is 0 Å². The van der Waals surface area contributed by atoms with E-state index < -0.39 is 0 Å². The van der Waals surface area contributed by atoms with Gasteiger partial charge in [0.2, 0.25) is 11.8 Å². The quantitative estimate of drug-likeness (QED) is 0.798. The van der Waals surface area contributed by atoms with E-state index in [1.807, 2.05) is 36.3 Å². The molecule has 0 aliphatic carbocycles. The maximum atomic E-state index is 12.7. The summed E-state index contributed by atoms with van der Waals surface area (Å²) in [4.78, 5) is 28.5. The Kier molecular flexibility index (Phi) is 5.35. The lowest BCUT2D eigenvalue weighted by molar-refractivity contribution is -0.115. The zero-order valence-corrected chi connectivity index (χ0v) is 16.9. The first-order valence-corrected chi connectivity index (χ1v) is 10.2. The van der Waals surface area contributed by atoms with Crippen molar-refractivity contribution in [1.29, 1.82) is 0 Å². The molecular formula is C21H21N5O2S. The first-order valence-electron chi connectivity index (χ1n) is 9.36. The molecule has 4 rings (SSSR count). The minimum absolute atomic E-state index is 0.122. The van der Waals surface area contributed by atoms with Crippen LogP contribution in [0.15, 0.2) is 58.6 Å². The second-order valence-corrected chi connectivity index (χ2v) is 8.16. The van der Waals surface area contributed by atoms with Gasteiger partial charge in [-0.25, -0.2) is 10.0 Å². The van der Waals surface area contributed by atoms with E-state index in [0.717, 1.165) is 22.8 Å². The second kappa shape index (κ2) is 8.08. The molecular weight excluding hydrogens is 386 g/mol. The van der Waals surface area contributed by atoms with Crippen LogP contribution in [0.3, 0.4) is 0 Å². The van der Waals surface area contributed by atoms with Crippen LogP contribution in [0.1, 0.15) is 31.9 Å². The van der Waals surface area contributed by atoms with Gasteiger partial charge in [0.1, 0.15) is 0 Å². The number of anilines is 2. The largest absolute Gasteiger partial charge is 0.326 e. The second-order valence-electron chi connectivity index (χ2n) is 6.86. The number of nitrogens with zero attached hydrogens (tertiary/aromatic N) is 3. The SMILES string of the molecule is CC(=O)Nc1ccc(NC(=O)[C@H](C)SC2=Nc3ccccc3[C@@H]3CC=NN23)cc1. The predicted molar refractivity (Wildman–Crippen MR) is 118 cm³/mol. The first-order chi connectivity index (χ1) is 14.0. The minimum atomic E-state index is -0.356. The number of para-hydroxylation sites is 1. The molecule has 0 fully saturated rings. The Morgan fingerprint density at radius 2 is 1.79 bits per heavy atom. The van der Waals surface area contributed by atoms with Crippen molar-refractivity contribution in [3.63, 3.8) is 0 Å². The standard InChI is InChI=1S/C21H21N5O2S/c1-13(20(28)24-16-9-7-15(8-10-16)23-14(2)27)29-21-25-18-6-4-3-5-17(18)19-11-12-22-26(19)21/h3-10,12-13,19H,11H2,1-2H3,(H,23,27)(H,24,28)/t13-,19-/m0/s1. The number of amides is 2. The van der Waals surface area contributed by atoms with Crippen LogP contribution in [0.25, 0.3) is 0 Å². The Hall–Kier alpha value is -3.13. The molecule has 0 spiro atoms. The van der Waals surface area contributed by atoms with Crippen molar-refractivity contribution >= 4 is 52.0 Å². The number of carbonyl (C=O) groups excluding carboxylic acids is 2. The van der Waals surface area contributed by atoms with Crippen molar-refractivity contribution in [1.82, 2.24) is 5.01 Å². The van der Waals surface area contributed by atoms with E-state index in [0.29, 0.717) is 11.4 Å². The fraction of sp³-hybridized carbons (Fsp3) is 0.238. The lowest BCUT2D eigenvalue weighted by atomic mass is 10.0. The van der Waals surface area contributed by atoms with Crippen molar-refractivity contribution in [2.75, 3.05) is 10.6 Å². The van der Waals surface area contributed by atoms with Crippen LogP contribution in [-0.2, 0) is 9.59 Å². The molecule has 29 heavy (non-hydrogen) atoms. The molecule has 2 N–H and O–H groups in total. The molecule has 2 atom stereocenters. The summed E-state index contributed by atoms with van der Waals surface area (Å²) < 4.78 is 0. The zero-order chi connectivity index (χ0) is 20.4. The first kappa shape index (κ1) is 19.2. The van der Waals surface area contributed by atoms with Gasteiger partial charge in [-0.15, -0.1) is 0 Å². The normalized spacial score (nSPS) is 17.8. The fourth-order valence-electron chi connectivity index (χ4n) is 3.26. The molecule has 2 amide bonds. The van der Waals surface area contributed by atoms with Crippen LogP contribution in [0.5, 0.6) is 0 Å². The van der Waals surface area contributed by atoms with E-state index in [2.05, 4.69) is 21.8 Å². The molecule has 0 saturated heterocycles. The van der Waals surface area contributed by atoms with Gasteiger partial charge < -0.3 is 10.6 Å². The van der Waals surface area contributed by atoms with E-state index in [1.54, 1.807) is 24.3 Å². The Bertz CT molecular complexity index is 1000. The highest BCUT2D eigenvalue weighted by molar-refractivity contribution is 8.14. The molecule has 148 valence electrons. The maximum absolute atomic E-state index is 12.7. The van der Waals surface area contributed by atoms with Crippen LogP contribution in [-0.4, -0.2) is 33.5 Å². The summed E-state index contributed by atoms with van der Waals surface area (Å²) in [6.45, 7) is 3.30. The average Bonchev–Trinajstić information content (AvgIpc) is 3.19. The van der Waals surface area contributed by atoms with Gasteiger partial charge in [0.05, 0.1) is 17.0 Å². The molecule has 0 radical (unpaired) electrons. The third-order valence-corrected chi connectivity index (χ3v) is 5.72. The van der Waals surface area contributed by atoms with Gasteiger partial charge in [-0.3, -0.25) is 9.59 Å². The third-order valence-electron chi connectivity index (χ3n) is 4.66. The predicted octanol–water partition coefficient (Wildman–Crippen LogP) is 4.14. The summed E-state index contributed by atoms with van der Waals surface area (Å²) >= 11 is 1.39. The number of nitrogens with one attached hydrogen (secondary N) is 2. The highest BCUT2D eigenvalue weighted by Gasteiger charge is 2.34. The molecule has 0 saturated carbocycles. The highest BCUT2D eigenvalue weighted by atomic mass is 32.2. The summed E-state index contributed by atoms with van der Waals surface area (Å²) in [6.07, 6.45) is 2.72. The topological polar surface area (TPSA) is 86.2 Å². The summed E-state index contributed by atoms with van der Waals surface area (Å²) in [5, 5.41) is 12.3. The number of hydrogen-bond acceptors (Lipinski definition) is 6. The van der Waals surface area contributed by atoms with Crippen molar-refractivity contribution in [3.8, 4) is 0 Å². The molecule has 8 heteroatoms. The molecule has 7 nitrogen and oxygen atoms in total. The molecule has 0 bridgehead atoms. The van der Waals surface area contributed by atoms with E-state index >= 15 is 0 Å². The number of thioether (sulfide) groups is 1. The van der Waals surface area contributed by atoms with Crippen LogP contribution >= 0.6 is 11.8 Å². The zero-order valence-electron chi connectivity index (χ0n) is 16.1. The minimum Gasteiger partial charge on any atom is -0.326 e. The van der Waals surface area contributed by atoms with Crippen molar-refractivity contribution in [3.05, 3.63) is 54.1 Å². The van der Waals surface area contributed by atoms with Crippen molar-refractivity contribution in [2.24, 2.45) is 10.1 Å². The van der Waals surface area contributed by atoms with Crippen LogP contribution < -0.4 is 10.6 Å². The Balaban J connectivity index is 1.44. The molecule has 2 aromatic rings. The summed E-state index contributed by atoms with van der Waals surface area (Å²) in [5.74, 6) is -0.256. The lowest BCUT2D eigenvalue weighted by Crippen LogP contribution is -2.31. The van der Waals surface area contributed by atoms with E-state index in [1.165, 1.54) is 18.7 Å². The molecule has 2 aliphatic heterocycles. The Morgan fingerprint density at radius 1 is 1.10 bits per heavy atom. The monoisotopic (exact) mass is 407 g/mol. The van der Waals surface area contributed by atoms with Gasteiger partial charge in [-0.2, -0.15) is 5.10 Å². The third kappa shape index (κ3) is 4.17. The lowest BCUT2D eigenvalue weighted by Gasteiger charge is -2.30. The number of fused-ring (bicyclic) bond motifs is 3. The highest BCUT2D eigenvalue weighted by Crippen LogP contribution is 2.41. The van der Waals surface area contributed by atoms with Crippen molar-refractivity contribution in [2.45, 2.75) is 31.6 Å². The number of amidine groups is 1. The molecule has 2 aromatic carbocycles. The number of hydrogen-bond donors (Lipinski definition) is 2. The smallest absolute Gasteiger partial charge is 0.237 e. The molecule has 2 heterocycles. The summed E-state index contributed by atoms with van der Waals surface area (Å²) in [5.41, 5.74) is 3.45. The number of rotatable bonds is 4. The van der Waals surface area contributed by atoms with Gasteiger partial charge in [0.15, 0.2) is 5.17 Å². The Morgan fingerprint density at radius 3 is 2.52 bits per heavy atom. The summed E-state index contributed by atoms with van der Waals surface area (Å²) in [7, 11) is 0. The number of hydrazone groups is 1. The van der Waals surface area contributed by atoms with E-state index in [-0.39, 0.29) is 23.1 Å². The van der Waals surface area contributed by atoms with Gasteiger partial charge in [-0.1, -0.05) is 30.0 Å². The number of benzene rings is 2. The number of carbonyl (C=O) groups is 2. The van der Waals surface area contributed by atoms with Crippen molar-refractivity contribution < 1.29 is 9.59 Å². The van der Waals surface area contributed by atoms with Gasteiger partial charge >= 0.3 is 0 Å². The Labute approximate surface area is 173 Å². The van der Waals surface area contributed by atoms with Crippen LogP contribution in [0, 0.1) is 0 Å². The van der Waals surface area contributed by atoms with Gasteiger partial charge in [0, 0.05) is 36.5 Å². The molecule has 0 aromatic heterocycles. The van der Waals surface area contributed by atoms with E-state index in [9.17, 15) is 9.59 Å². The molecule has 2 aliphatic rings. The maximum Gasteiger partial charge on any atom is 0.237 e. The number of aliphatic imine (C=N–C) groups is 1. The van der Waals surface area contributed by atoms with Gasteiger partial charge in [0.25, 0.3) is 0 Å². The van der Waals surface area contributed by atoms with Crippen LogP contribution in [0.4, 0.5) is 17.1 Å². The van der Waals surface area contributed by atoms with Gasteiger partial charge in [-0.05, 0) is 37.3 Å². The van der Waals surface area contributed by atoms with E-state index in [4.69, 9.17) is 4.99 Å². The fourth-order valence-corrected chi connectivity index (χ4v) is 4.17. The average molecular weight is 407 g/mol. The molecule has 0 unspecified atom stereocenters.